The first kappa shape index (κ1) is 88.1. The predicted octanol–water partition coefficient (Wildman–Crippen LogP) is 27.4. The summed E-state index contributed by atoms with van der Waals surface area (Å²) in [6.45, 7) is 4.98. The molecule has 0 aromatic carbocycles. The Hall–Kier alpha value is -1.92. The predicted molar refractivity (Wildman–Crippen MR) is 398 cm³/mol. The number of amides is 1. The van der Waals surface area contributed by atoms with Crippen LogP contribution in [0.3, 0.4) is 0 Å². The van der Waals surface area contributed by atoms with Gasteiger partial charge in [-0.1, -0.05) is 403 Å². The number of hydrogen-bond acceptors (Lipinski definition) is 5. The van der Waals surface area contributed by atoms with Crippen LogP contribution in [0.15, 0.2) is 36.5 Å². The Labute approximate surface area is 564 Å². The van der Waals surface area contributed by atoms with Crippen molar-refractivity contribution in [1.82, 2.24) is 5.32 Å². The van der Waals surface area contributed by atoms with E-state index in [9.17, 15) is 19.8 Å². The van der Waals surface area contributed by atoms with E-state index < -0.39 is 12.1 Å². The van der Waals surface area contributed by atoms with Gasteiger partial charge in [0.05, 0.1) is 25.4 Å². The van der Waals surface area contributed by atoms with Crippen molar-refractivity contribution in [3.8, 4) is 0 Å². The van der Waals surface area contributed by atoms with Gasteiger partial charge in [-0.3, -0.25) is 9.59 Å². The molecule has 3 N–H and O–H groups in total. The molecule has 0 aliphatic rings. The van der Waals surface area contributed by atoms with E-state index in [0.717, 1.165) is 51.4 Å². The molecule has 1 amide bonds. The molecular weight excluding hydrogens is 1100 g/mol. The maximum Gasteiger partial charge on any atom is 0.305 e. The number of unbranched alkanes of at least 4 members (excludes halogenated alkanes) is 61. The third-order valence-electron chi connectivity index (χ3n) is 19.4. The first-order valence-corrected chi connectivity index (χ1v) is 41.2. The van der Waals surface area contributed by atoms with Crippen LogP contribution in [0.4, 0.5) is 0 Å². The summed E-state index contributed by atoms with van der Waals surface area (Å²) in [4.78, 5) is 24.7. The van der Waals surface area contributed by atoms with Crippen molar-refractivity contribution in [3.05, 3.63) is 36.5 Å². The van der Waals surface area contributed by atoms with Gasteiger partial charge in [-0.25, -0.2) is 0 Å². The van der Waals surface area contributed by atoms with Crippen LogP contribution in [0.25, 0.3) is 0 Å². The molecule has 0 bridgehead atoms. The highest BCUT2D eigenvalue weighted by Gasteiger charge is 2.20. The largest absolute Gasteiger partial charge is 0.466 e. The van der Waals surface area contributed by atoms with Crippen molar-refractivity contribution in [1.29, 1.82) is 0 Å². The Morgan fingerprint density at radius 2 is 0.556 bits per heavy atom. The topological polar surface area (TPSA) is 95.9 Å². The molecule has 0 aliphatic heterocycles. The van der Waals surface area contributed by atoms with Gasteiger partial charge in [0.2, 0.25) is 5.91 Å². The highest BCUT2D eigenvalue weighted by molar-refractivity contribution is 5.76. The van der Waals surface area contributed by atoms with Crippen LogP contribution in [0.5, 0.6) is 0 Å². The number of ether oxygens (including phenoxy) is 1. The van der Waals surface area contributed by atoms with Crippen molar-refractivity contribution in [2.24, 2.45) is 0 Å². The zero-order valence-electron chi connectivity index (χ0n) is 61.1. The minimum Gasteiger partial charge on any atom is -0.466 e. The van der Waals surface area contributed by atoms with Gasteiger partial charge < -0.3 is 20.3 Å². The summed E-state index contributed by atoms with van der Waals surface area (Å²) >= 11 is 0. The van der Waals surface area contributed by atoms with Gasteiger partial charge in [-0.15, -0.1) is 0 Å². The molecule has 0 saturated heterocycles. The highest BCUT2D eigenvalue weighted by Crippen LogP contribution is 2.20. The van der Waals surface area contributed by atoms with Crippen molar-refractivity contribution >= 4 is 11.9 Å². The Bertz CT molecular complexity index is 1460. The molecule has 6 heteroatoms. The molecule has 0 fully saturated rings. The summed E-state index contributed by atoms with van der Waals surface area (Å²) in [5, 5.41) is 23.5. The monoisotopic (exact) mass is 1260 g/mol. The molecule has 0 heterocycles. The van der Waals surface area contributed by atoms with Gasteiger partial charge in [-0.05, 0) is 83.5 Å². The van der Waals surface area contributed by atoms with E-state index in [1.54, 1.807) is 0 Å². The maximum absolute atomic E-state index is 12.6. The molecular formula is C84H161NO5. The summed E-state index contributed by atoms with van der Waals surface area (Å²) in [6.07, 6.45) is 104. The SMILES string of the molecule is CCCCCC/C=C\C/C=C\CCCCCCCC(=O)OCCCCCCCCCCCCCC/C=C\CCCCCCCCCCCCCCCCCCCC(=O)NC(CO)C(O)CCCCCCCCCCCCCCCCCCCCCCCCCC. The molecule has 0 aromatic rings. The van der Waals surface area contributed by atoms with Crippen LogP contribution < -0.4 is 5.32 Å². The molecule has 532 valence electrons. The summed E-state index contributed by atoms with van der Waals surface area (Å²) in [7, 11) is 0. The number of carbonyl (C=O) groups excluding carboxylic acids is 2. The van der Waals surface area contributed by atoms with Crippen LogP contribution in [-0.4, -0.2) is 47.4 Å². The fraction of sp³-hybridized carbons (Fsp3) is 0.905. The molecule has 0 radical (unpaired) electrons. The normalized spacial score (nSPS) is 12.6. The minimum atomic E-state index is -0.664. The Balaban J connectivity index is 3.36. The second-order valence-electron chi connectivity index (χ2n) is 28.5. The van der Waals surface area contributed by atoms with Crippen molar-refractivity contribution < 1.29 is 24.5 Å². The number of nitrogens with one attached hydrogen (secondary N) is 1. The number of aliphatic hydroxyl groups is 2. The lowest BCUT2D eigenvalue weighted by molar-refractivity contribution is -0.143. The zero-order chi connectivity index (χ0) is 64.9. The molecule has 0 saturated carbocycles. The zero-order valence-corrected chi connectivity index (χ0v) is 61.1. The van der Waals surface area contributed by atoms with Crippen LogP contribution in [-0.2, 0) is 14.3 Å². The van der Waals surface area contributed by atoms with Gasteiger partial charge in [0.1, 0.15) is 0 Å². The van der Waals surface area contributed by atoms with Gasteiger partial charge in [0.15, 0.2) is 0 Å². The Morgan fingerprint density at radius 1 is 0.311 bits per heavy atom. The van der Waals surface area contributed by atoms with E-state index in [2.05, 4.69) is 55.6 Å². The van der Waals surface area contributed by atoms with Crippen molar-refractivity contribution in [2.75, 3.05) is 13.2 Å². The molecule has 2 atom stereocenters. The fourth-order valence-electron chi connectivity index (χ4n) is 13.1. The van der Waals surface area contributed by atoms with Gasteiger partial charge in [0, 0.05) is 12.8 Å². The summed E-state index contributed by atoms with van der Waals surface area (Å²) in [6, 6.07) is -0.541. The quantitative estimate of drug-likeness (QED) is 0.0320. The van der Waals surface area contributed by atoms with E-state index in [1.807, 2.05) is 0 Å². The Morgan fingerprint density at radius 3 is 0.867 bits per heavy atom. The number of carbonyl (C=O) groups is 2. The molecule has 0 aliphatic carbocycles. The van der Waals surface area contributed by atoms with Crippen LogP contribution in [0.2, 0.25) is 0 Å². The van der Waals surface area contributed by atoms with Crippen LogP contribution in [0, 0.1) is 0 Å². The highest BCUT2D eigenvalue weighted by atomic mass is 16.5. The third kappa shape index (κ3) is 75.1. The van der Waals surface area contributed by atoms with E-state index in [-0.39, 0.29) is 18.5 Å². The fourth-order valence-corrected chi connectivity index (χ4v) is 13.1. The van der Waals surface area contributed by atoms with E-state index in [1.165, 1.54) is 379 Å². The molecule has 0 spiro atoms. The lowest BCUT2D eigenvalue weighted by atomic mass is 10.0. The van der Waals surface area contributed by atoms with Gasteiger partial charge in [0.25, 0.3) is 0 Å². The number of hydrogen-bond donors (Lipinski definition) is 3. The summed E-state index contributed by atoms with van der Waals surface area (Å²) < 4.78 is 5.50. The van der Waals surface area contributed by atoms with E-state index in [4.69, 9.17) is 4.74 Å². The number of aliphatic hydroxyl groups excluding tert-OH is 2. The third-order valence-corrected chi connectivity index (χ3v) is 19.4. The van der Waals surface area contributed by atoms with Crippen LogP contribution in [0.1, 0.15) is 463 Å². The second kappa shape index (κ2) is 79.5. The average molecular weight is 1270 g/mol. The average Bonchev–Trinajstić information content (AvgIpc) is 3.68. The number of rotatable bonds is 78. The Kier molecular flexibility index (Phi) is 77.8. The number of allylic oxidation sites excluding steroid dienone is 6. The van der Waals surface area contributed by atoms with E-state index >= 15 is 0 Å². The molecule has 6 nitrogen and oxygen atoms in total. The molecule has 0 rings (SSSR count). The molecule has 90 heavy (non-hydrogen) atoms. The molecule has 0 aromatic heterocycles. The van der Waals surface area contributed by atoms with Crippen molar-refractivity contribution in [3.63, 3.8) is 0 Å². The van der Waals surface area contributed by atoms with Crippen molar-refractivity contribution in [2.45, 2.75) is 475 Å². The molecule has 2 unspecified atom stereocenters. The van der Waals surface area contributed by atoms with Crippen LogP contribution >= 0.6 is 0 Å². The first-order valence-electron chi connectivity index (χ1n) is 41.2. The summed E-state index contributed by atoms with van der Waals surface area (Å²) in [5.41, 5.74) is 0. The maximum atomic E-state index is 12.6. The summed E-state index contributed by atoms with van der Waals surface area (Å²) in [5.74, 6) is -0.0202. The standard InChI is InChI=1S/C84H161NO5/c1-3-5-7-9-11-13-15-17-19-21-22-23-24-36-39-42-45-48-52-56-60-64-68-72-76-82(87)81(80-86)85-83(88)77-73-69-65-61-57-53-49-46-43-40-37-34-32-30-28-26-25-27-29-31-33-35-38-41-44-47-51-55-59-63-67-71-75-79-90-84(89)78-74-70-66-62-58-54-50-20-18-16-14-12-10-8-6-4-2/h14,16,20,29,31,50,81-82,86-87H,3-13,15,17-19,21-28,30,32-49,51-80H2,1-2H3,(H,85,88)/b16-14-,31-29-,50-20-. The minimum absolute atomic E-state index is 0.00603. The lowest BCUT2D eigenvalue weighted by Gasteiger charge is -2.22. The smallest absolute Gasteiger partial charge is 0.305 e. The van der Waals surface area contributed by atoms with E-state index in [0.29, 0.717) is 25.9 Å². The van der Waals surface area contributed by atoms with Gasteiger partial charge >= 0.3 is 5.97 Å². The van der Waals surface area contributed by atoms with Gasteiger partial charge in [-0.2, -0.15) is 0 Å². The number of esters is 1. The second-order valence-corrected chi connectivity index (χ2v) is 28.5. The first-order chi connectivity index (χ1) is 44.5. The lowest BCUT2D eigenvalue weighted by Crippen LogP contribution is -2.45.